The van der Waals surface area contributed by atoms with Crippen LogP contribution < -0.4 is 0 Å². The molecule has 0 saturated heterocycles. The SMILES string of the molecule is [C-]#[N+]CCCCCCCC/C=C/CCCCCCCC. The topological polar surface area (TPSA) is 4.36 Å². The van der Waals surface area contributed by atoms with E-state index in [4.69, 9.17) is 6.57 Å². The van der Waals surface area contributed by atoms with Crippen molar-refractivity contribution in [1.29, 1.82) is 0 Å². The van der Waals surface area contributed by atoms with E-state index in [-0.39, 0.29) is 0 Å². The fraction of sp³-hybridized carbons (Fsp3) is 0.842. The van der Waals surface area contributed by atoms with Gasteiger partial charge in [0.05, 0.1) is 0 Å². The molecule has 0 aromatic heterocycles. The predicted molar refractivity (Wildman–Crippen MR) is 90.9 cm³/mol. The Kier molecular flexibility index (Phi) is 17.5. The van der Waals surface area contributed by atoms with Crippen molar-refractivity contribution in [2.75, 3.05) is 6.54 Å². The number of allylic oxidation sites excluding steroid dienone is 2. The van der Waals surface area contributed by atoms with Crippen LogP contribution in [-0.4, -0.2) is 6.54 Å². The predicted octanol–water partition coefficient (Wildman–Crippen LogP) is 6.94. The van der Waals surface area contributed by atoms with Gasteiger partial charge < -0.3 is 4.85 Å². The molecule has 20 heavy (non-hydrogen) atoms. The van der Waals surface area contributed by atoms with E-state index in [0.29, 0.717) is 0 Å². The van der Waals surface area contributed by atoms with Gasteiger partial charge in [0.25, 0.3) is 0 Å². The summed E-state index contributed by atoms with van der Waals surface area (Å²) in [5.41, 5.74) is 0. The van der Waals surface area contributed by atoms with Crippen molar-refractivity contribution in [2.24, 2.45) is 0 Å². The smallest absolute Gasteiger partial charge is 0.214 e. The Bertz CT molecular complexity index is 237. The number of hydrogen-bond donors (Lipinski definition) is 0. The molecule has 0 aliphatic rings. The lowest BCUT2D eigenvalue weighted by Crippen LogP contribution is -1.81. The van der Waals surface area contributed by atoms with E-state index in [9.17, 15) is 0 Å². The van der Waals surface area contributed by atoms with E-state index in [1.54, 1.807) is 0 Å². The molecule has 0 amide bonds. The molecule has 1 nitrogen and oxygen atoms in total. The van der Waals surface area contributed by atoms with Crippen molar-refractivity contribution in [3.05, 3.63) is 23.6 Å². The van der Waals surface area contributed by atoms with Crippen LogP contribution in [0.15, 0.2) is 12.2 Å². The zero-order valence-corrected chi connectivity index (χ0v) is 13.7. The van der Waals surface area contributed by atoms with Crippen LogP contribution in [0.5, 0.6) is 0 Å². The molecular weight excluding hydrogens is 242 g/mol. The third-order valence-corrected chi connectivity index (χ3v) is 3.78. The first kappa shape index (κ1) is 19.2. The molecule has 0 radical (unpaired) electrons. The molecule has 0 bridgehead atoms. The van der Waals surface area contributed by atoms with Crippen LogP contribution in [0.1, 0.15) is 96.8 Å². The van der Waals surface area contributed by atoms with Crippen LogP contribution in [0.4, 0.5) is 0 Å². The molecule has 0 heterocycles. The quantitative estimate of drug-likeness (QED) is 0.173. The van der Waals surface area contributed by atoms with E-state index in [2.05, 4.69) is 23.9 Å². The number of rotatable bonds is 15. The molecule has 0 saturated carbocycles. The fourth-order valence-corrected chi connectivity index (χ4v) is 2.44. The lowest BCUT2D eigenvalue weighted by molar-refractivity contribution is 0.605. The summed E-state index contributed by atoms with van der Waals surface area (Å²) in [6.07, 6.45) is 23.4. The number of nitrogens with zero attached hydrogens (tertiary/aromatic N) is 1. The molecule has 0 aliphatic heterocycles. The van der Waals surface area contributed by atoms with Crippen molar-refractivity contribution >= 4 is 0 Å². The van der Waals surface area contributed by atoms with Gasteiger partial charge in [0.15, 0.2) is 0 Å². The highest BCUT2D eigenvalue weighted by Crippen LogP contribution is 2.09. The molecule has 0 atom stereocenters. The number of unbranched alkanes of at least 4 members (excludes halogenated alkanes) is 12. The zero-order chi connectivity index (χ0) is 14.7. The van der Waals surface area contributed by atoms with Crippen LogP contribution in [0.3, 0.4) is 0 Å². The molecule has 0 spiro atoms. The lowest BCUT2D eigenvalue weighted by atomic mass is 10.1. The Morgan fingerprint density at radius 2 is 1.10 bits per heavy atom. The largest absolute Gasteiger partial charge is 0.317 e. The molecule has 0 aliphatic carbocycles. The van der Waals surface area contributed by atoms with Crippen LogP contribution in [0.25, 0.3) is 4.85 Å². The Labute approximate surface area is 127 Å². The second-order valence-corrected chi connectivity index (χ2v) is 5.82. The maximum absolute atomic E-state index is 6.70. The third-order valence-electron chi connectivity index (χ3n) is 3.78. The minimum atomic E-state index is 0.723. The first-order valence-electron chi connectivity index (χ1n) is 8.90. The second-order valence-electron chi connectivity index (χ2n) is 5.82. The van der Waals surface area contributed by atoms with E-state index >= 15 is 0 Å². The van der Waals surface area contributed by atoms with Gasteiger partial charge in [-0.15, -0.1) is 0 Å². The first-order chi connectivity index (χ1) is 9.91. The summed E-state index contributed by atoms with van der Waals surface area (Å²) in [6.45, 7) is 9.70. The van der Waals surface area contributed by atoms with Gasteiger partial charge in [0.1, 0.15) is 0 Å². The van der Waals surface area contributed by atoms with Gasteiger partial charge in [-0.3, -0.25) is 0 Å². The molecule has 0 rings (SSSR count). The minimum absolute atomic E-state index is 0.723. The van der Waals surface area contributed by atoms with Gasteiger partial charge in [0.2, 0.25) is 6.54 Å². The summed E-state index contributed by atoms with van der Waals surface area (Å²) in [7, 11) is 0. The molecular formula is C19H35N. The Morgan fingerprint density at radius 1 is 0.650 bits per heavy atom. The van der Waals surface area contributed by atoms with Crippen LogP contribution >= 0.6 is 0 Å². The van der Waals surface area contributed by atoms with E-state index in [1.807, 2.05) is 0 Å². The average Bonchev–Trinajstić information content (AvgIpc) is 2.47. The maximum atomic E-state index is 6.70. The van der Waals surface area contributed by atoms with Crippen molar-refractivity contribution in [3.8, 4) is 0 Å². The summed E-state index contributed by atoms with van der Waals surface area (Å²) in [4.78, 5) is 3.38. The van der Waals surface area contributed by atoms with E-state index in [0.717, 1.165) is 13.0 Å². The molecule has 0 unspecified atom stereocenters. The Hall–Kier alpha value is -0.770. The average molecular weight is 277 g/mol. The molecule has 116 valence electrons. The molecule has 0 N–H and O–H groups in total. The van der Waals surface area contributed by atoms with Crippen molar-refractivity contribution in [3.63, 3.8) is 0 Å². The van der Waals surface area contributed by atoms with Gasteiger partial charge >= 0.3 is 0 Å². The van der Waals surface area contributed by atoms with Crippen LogP contribution in [0, 0.1) is 6.57 Å². The first-order valence-corrected chi connectivity index (χ1v) is 8.90. The monoisotopic (exact) mass is 277 g/mol. The normalized spacial score (nSPS) is 11.0. The van der Waals surface area contributed by atoms with Crippen LogP contribution in [0.2, 0.25) is 0 Å². The summed E-state index contributed by atoms with van der Waals surface area (Å²) in [5, 5.41) is 0. The minimum Gasteiger partial charge on any atom is -0.317 e. The molecule has 0 fully saturated rings. The molecule has 0 aromatic carbocycles. The molecule has 1 heteroatoms. The molecule has 0 aromatic rings. The van der Waals surface area contributed by atoms with Gasteiger partial charge in [-0.1, -0.05) is 70.4 Å². The second kappa shape index (κ2) is 18.2. The van der Waals surface area contributed by atoms with Crippen molar-refractivity contribution in [1.82, 2.24) is 0 Å². The maximum Gasteiger partial charge on any atom is 0.214 e. The highest BCUT2D eigenvalue weighted by molar-refractivity contribution is 4.81. The lowest BCUT2D eigenvalue weighted by Gasteiger charge is -1.99. The van der Waals surface area contributed by atoms with Crippen LogP contribution in [-0.2, 0) is 0 Å². The van der Waals surface area contributed by atoms with Crippen molar-refractivity contribution in [2.45, 2.75) is 96.8 Å². The highest BCUT2D eigenvalue weighted by Gasteiger charge is 1.92. The summed E-state index contributed by atoms with van der Waals surface area (Å²) >= 11 is 0. The van der Waals surface area contributed by atoms with E-state index in [1.165, 1.54) is 83.5 Å². The third kappa shape index (κ3) is 17.2. The van der Waals surface area contributed by atoms with Gasteiger partial charge in [-0.25, -0.2) is 6.57 Å². The Morgan fingerprint density at radius 3 is 1.60 bits per heavy atom. The fourth-order valence-electron chi connectivity index (χ4n) is 2.44. The Balaban J connectivity index is 3.03. The van der Waals surface area contributed by atoms with Gasteiger partial charge in [-0.05, 0) is 32.1 Å². The zero-order valence-electron chi connectivity index (χ0n) is 13.7. The van der Waals surface area contributed by atoms with E-state index < -0.39 is 0 Å². The standard InChI is InChI=1S/C19H35N/c1-3-4-5-6-7-8-9-10-11-12-13-14-15-16-17-18-19-20-2/h10-11H,3-9,12-19H2,1H3/b11-10+. The van der Waals surface area contributed by atoms with Gasteiger partial charge in [0, 0.05) is 6.42 Å². The summed E-state index contributed by atoms with van der Waals surface area (Å²) in [5.74, 6) is 0. The summed E-state index contributed by atoms with van der Waals surface area (Å²) in [6, 6.07) is 0. The highest BCUT2D eigenvalue weighted by atomic mass is 14.6. The number of hydrogen-bond acceptors (Lipinski definition) is 0. The summed E-state index contributed by atoms with van der Waals surface area (Å²) < 4.78 is 0. The van der Waals surface area contributed by atoms with Gasteiger partial charge in [-0.2, -0.15) is 0 Å². The van der Waals surface area contributed by atoms with Crippen molar-refractivity contribution < 1.29 is 0 Å².